The van der Waals surface area contributed by atoms with E-state index in [-0.39, 0.29) is 5.69 Å². The predicted molar refractivity (Wildman–Crippen MR) is 86.7 cm³/mol. The molecule has 0 unspecified atom stereocenters. The molecule has 1 N–H and O–H groups in total. The summed E-state index contributed by atoms with van der Waals surface area (Å²) in [6.45, 7) is -0.645. The number of carbonyl (C=O) groups is 2. The Hall–Kier alpha value is -2.35. The molecule has 0 radical (unpaired) electrons. The van der Waals surface area contributed by atoms with Crippen LogP contribution in [0.3, 0.4) is 0 Å². The van der Waals surface area contributed by atoms with E-state index in [1.54, 1.807) is 6.07 Å². The van der Waals surface area contributed by atoms with Gasteiger partial charge in [-0.3, -0.25) is 4.79 Å². The van der Waals surface area contributed by atoms with Crippen LogP contribution in [0.1, 0.15) is 32.1 Å². The lowest BCUT2D eigenvalue weighted by atomic mass is 10.1. The van der Waals surface area contributed by atoms with Crippen LogP contribution in [0.15, 0.2) is 30.3 Å². The molecule has 0 aliphatic heterocycles. The quantitative estimate of drug-likeness (QED) is 0.828. The number of halogens is 3. The highest BCUT2D eigenvalue weighted by atomic mass is 32.1. The van der Waals surface area contributed by atoms with Gasteiger partial charge in [0.25, 0.3) is 5.91 Å². The molecule has 0 spiro atoms. The molecule has 1 heterocycles. The Morgan fingerprint density at radius 2 is 1.96 bits per heavy atom. The van der Waals surface area contributed by atoms with E-state index >= 15 is 0 Å². The first-order valence-electron chi connectivity index (χ1n) is 7.59. The van der Waals surface area contributed by atoms with E-state index in [1.807, 2.05) is 0 Å². The summed E-state index contributed by atoms with van der Waals surface area (Å²) >= 11 is 1.34. The second-order valence-electron chi connectivity index (χ2n) is 5.58. The normalized spacial score (nSPS) is 13.4. The van der Waals surface area contributed by atoms with Crippen LogP contribution >= 0.6 is 11.3 Å². The highest BCUT2D eigenvalue weighted by Gasteiger charge is 2.33. The van der Waals surface area contributed by atoms with Crippen LogP contribution in [-0.2, 0) is 28.5 Å². The molecule has 8 heteroatoms. The second-order valence-corrected chi connectivity index (χ2v) is 6.72. The molecule has 0 bridgehead atoms. The maximum absolute atomic E-state index is 12.9. The van der Waals surface area contributed by atoms with Crippen molar-refractivity contribution in [1.29, 1.82) is 0 Å². The topological polar surface area (TPSA) is 55.4 Å². The number of anilines is 1. The zero-order valence-electron chi connectivity index (χ0n) is 13.0. The molecule has 2 aromatic rings. The largest absolute Gasteiger partial charge is 0.451 e. The van der Waals surface area contributed by atoms with Gasteiger partial charge in [-0.25, -0.2) is 4.79 Å². The van der Waals surface area contributed by atoms with Crippen molar-refractivity contribution in [3.63, 3.8) is 0 Å². The van der Waals surface area contributed by atoms with E-state index < -0.39 is 30.2 Å². The van der Waals surface area contributed by atoms with Crippen LogP contribution < -0.4 is 5.32 Å². The minimum absolute atomic E-state index is 0.369. The van der Waals surface area contributed by atoms with Crippen molar-refractivity contribution in [3.8, 4) is 0 Å². The third-order valence-corrected chi connectivity index (χ3v) is 5.01. The minimum Gasteiger partial charge on any atom is -0.451 e. The Labute approximate surface area is 145 Å². The molecule has 1 amide bonds. The number of para-hydroxylation sites is 1. The standard InChI is InChI=1S/C17H14F3NO3S/c18-17(19,20)11-5-1-2-6-12(11)21-15(22)9-24-16(23)14-8-10-4-3-7-13(10)25-14/h1-2,5-6,8H,3-4,7,9H2,(H,21,22). The van der Waals surface area contributed by atoms with Gasteiger partial charge in [-0.2, -0.15) is 13.2 Å². The number of thiophene rings is 1. The summed E-state index contributed by atoms with van der Waals surface area (Å²) in [5, 5.41) is 2.13. The number of hydrogen-bond donors (Lipinski definition) is 1. The van der Waals surface area contributed by atoms with Crippen LogP contribution in [-0.4, -0.2) is 18.5 Å². The fourth-order valence-corrected chi connectivity index (χ4v) is 3.80. The van der Waals surface area contributed by atoms with Gasteiger partial charge < -0.3 is 10.1 Å². The third-order valence-electron chi connectivity index (χ3n) is 3.79. The first kappa shape index (κ1) is 17.5. The molecule has 0 saturated carbocycles. The van der Waals surface area contributed by atoms with Crippen molar-refractivity contribution in [3.05, 3.63) is 51.2 Å². The lowest BCUT2D eigenvalue weighted by molar-refractivity contribution is -0.137. The molecule has 1 aromatic heterocycles. The number of hydrogen-bond acceptors (Lipinski definition) is 4. The zero-order valence-corrected chi connectivity index (χ0v) is 13.8. The van der Waals surface area contributed by atoms with Crippen LogP contribution in [0.25, 0.3) is 0 Å². The van der Waals surface area contributed by atoms with E-state index in [2.05, 4.69) is 5.32 Å². The van der Waals surface area contributed by atoms with Crippen LogP contribution in [0.5, 0.6) is 0 Å². The minimum atomic E-state index is -4.59. The number of ether oxygens (including phenoxy) is 1. The number of aryl methyl sites for hydroxylation is 2. The molecule has 25 heavy (non-hydrogen) atoms. The van der Waals surface area contributed by atoms with Gasteiger partial charge in [0, 0.05) is 4.88 Å². The summed E-state index contributed by atoms with van der Waals surface area (Å²) in [5.74, 6) is -1.46. The van der Waals surface area contributed by atoms with Crippen molar-refractivity contribution < 1.29 is 27.5 Å². The molecule has 0 fully saturated rings. The van der Waals surface area contributed by atoms with Crippen molar-refractivity contribution in [2.24, 2.45) is 0 Å². The number of esters is 1. The fraction of sp³-hybridized carbons (Fsp3) is 0.294. The lowest BCUT2D eigenvalue weighted by Gasteiger charge is -2.13. The number of benzene rings is 1. The fourth-order valence-electron chi connectivity index (χ4n) is 2.66. The van der Waals surface area contributed by atoms with Gasteiger partial charge in [-0.05, 0) is 43.0 Å². The lowest BCUT2D eigenvalue weighted by Crippen LogP contribution is -2.22. The highest BCUT2D eigenvalue weighted by molar-refractivity contribution is 7.14. The number of rotatable bonds is 4. The smallest absolute Gasteiger partial charge is 0.418 e. The molecular weight excluding hydrogens is 355 g/mol. The Morgan fingerprint density at radius 3 is 2.68 bits per heavy atom. The number of fused-ring (bicyclic) bond motifs is 1. The first-order chi connectivity index (χ1) is 11.8. The summed E-state index contributed by atoms with van der Waals surface area (Å²) in [7, 11) is 0. The van der Waals surface area contributed by atoms with E-state index in [0.717, 1.165) is 41.8 Å². The molecule has 3 rings (SSSR count). The van der Waals surface area contributed by atoms with Gasteiger partial charge in [0.1, 0.15) is 4.88 Å². The Kier molecular flexibility index (Phi) is 4.80. The highest BCUT2D eigenvalue weighted by Crippen LogP contribution is 2.34. The predicted octanol–water partition coefficient (Wildman–Crippen LogP) is 4.05. The molecule has 4 nitrogen and oxygen atoms in total. The molecule has 132 valence electrons. The number of alkyl halides is 3. The number of nitrogens with one attached hydrogen (secondary N) is 1. The van der Waals surface area contributed by atoms with Gasteiger partial charge in [0.05, 0.1) is 11.3 Å². The SMILES string of the molecule is O=C(COC(=O)c1cc2c(s1)CCC2)Nc1ccccc1C(F)(F)F. The van der Waals surface area contributed by atoms with Crippen molar-refractivity contribution in [2.45, 2.75) is 25.4 Å². The number of carbonyl (C=O) groups excluding carboxylic acids is 2. The van der Waals surface area contributed by atoms with Crippen molar-refractivity contribution >= 4 is 28.9 Å². The van der Waals surface area contributed by atoms with Gasteiger partial charge in [0.2, 0.25) is 0 Å². The summed E-state index contributed by atoms with van der Waals surface area (Å²) in [6.07, 6.45) is -1.66. The van der Waals surface area contributed by atoms with Gasteiger partial charge in [0.15, 0.2) is 6.61 Å². The summed E-state index contributed by atoms with van der Waals surface area (Å²) < 4.78 is 43.5. The van der Waals surface area contributed by atoms with Crippen LogP contribution in [0.2, 0.25) is 0 Å². The maximum Gasteiger partial charge on any atom is 0.418 e. The van der Waals surface area contributed by atoms with Gasteiger partial charge >= 0.3 is 12.1 Å². The molecule has 1 aliphatic carbocycles. The molecule has 0 atom stereocenters. The Bertz CT molecular complexity index is 792. The van der Waals surface area contributed by atoms with Gasteiger partial charge in [-0.1, -0.05) is 12.1 Å². The number of amides is 1. The van der Waals surface area contributed by atoms with E-state index in [9.17, 15) is 22.8 Å². The average Bonchev–Trinajstić information content (AvgIpc) is 3.13. The van der Waals surface area contributed by atoms with Crippen LogP contribution in [0, 0.1) is 0 Å². The van der Waals surface area contributed by atoms with Crippen LogP contribution in [0.4, 0.5) is 18.9 Å². The molecule has 1 aliphatic rings. The Morgan fingerprint density at radius 1 is 1.20 bits per heavy atom. The second kappa shape index (κ2) is 6.87. The van der Waals surface area contributed by atoms with Gasteiger partial charge in [-0.15, -0.1) is 11.3 Å². The zero-order chi connectivity index (χ0) is 18.0. The maximum atomic E-state index is 12.9. The average molecular weight is 369 g/mol. The molecule has 1 aromatic carbocycles. The van der Waals surface area contributed by atoms with Crippen molar-refractivity contribution in [2.75, 3.05) is 11.9 Å². The summed E-state index contributed by atoms with van der Waals surface area (Å²) in [6, 6.07) is 6.38. The molecular formula is C17H14F3NO3S. The van der Waals surface area contributed by atoms with E-state index in [0.29, 0.717) is 4.88 Å². The first-order valence-corrected chi connectivity index (χ1v) is 8.41. The third kappa shape index (κ3) is 4.01. The Balaban J connectivity index is 1.59. The summed E-state index contributed by atoms with van der Waals surface area (Å²) in [5.41, 5.74) is -0.198. The summed E-state index contributed by atoms with van der Waals surface area (Å²) in [4.78, 5) is 25.3. The van der Waals surface area contributed by atoms with E-state index in [1.165, 1.54) is 23.5 Å². The van der Waals surface area contributed by atoms with Crippen molar-refractivity contribution in [1.82, 2.24) is 0 Å². The monoisotopic (exact) mass is 369 g/mol. The molecule has 0 saturated heterocycles. The van der Waals surface area contributed by atoms with E-state index in [4.69, 9.17) is 4.74 Å².